The van der Waals surface area contributed by atoms with E-state index in [1.807, 2.05) is 30.3 Å². The van der Waals surface area contributed by atoms with Gasteiger partial charge in [-0.15, -0.1) is 0 Å². The van der Waals surface area contributed by atoms with Crippen LogP contribution in [-0.4, -0.2) is 56.2 Å². The molecule has 2 aliphatic rings. The highest BCUT2D eigenvalue weighted by Gasteiger charge is 2.44. The van der Waals surface area contributed by atoms with E-state index in [1.54, 1.807) is 11.0 Å². The molecule has 0 saturated carbocycles. The number of aromatic carboxylic acids is 1. The number of carbonyl (C=O) groups excluding carboxylic acids is 1. The van der Waals surface area contributed by atoms with E-state index in [9.17, 15) is 19.1 Å². The van der Waals surface area contributed by atoms with Crippen LogP contribution in [0, 0.1) is 5.82 Å². The van der Waals surface area contributed by atoms with Crippen molar-refractivity contribution < 1.29 is 23.8 Å². The molecular weight excluding hydrogens is 477 g/mol. The second-order valence-electron chi connectivity index (χ2n) is 9.46. The fourth-order valence-electron chi connectivity index (χ4n) is 5.26. The van der Waals surface area contributed by atoms with E-state index in [-0.39, 0.29) is 28.4 Å². The van der Waals surface area contributed by atoms with Gasteiger partial charge in [0.1, 0.15) is 28.5 Å². The van der Waals surface area contributed by atoms with Crippen molar-refractivity contribution in [3.8, 4) is 5.75 Å². The number of piperidine rings is 1. The summed E-state index contributed by atoms with van der Waals surface area (Å²) in [6.07, 6.45) is 4.02. The van der Waals surface area contributed by atoms with Gasteiger partial charge < -0.3 is 20.1 Å². The van der Waals surface area contributed by atoms with Crippen molar-refractivity contribution in [2.45, 2.75) is 24.8 Å². The number of rotatable bonds is 5. The highest BCUT2D eigenvalue weighted by Crippen LogP contribution is 2.45. The number of nitrogens with zero attached hydrogens (tertiary/aromatic N) is 4. The summed E-state index contributed by atoms with van der Waals surface area (Å²) >= 11 is 0. The quantitative estimate of drug-likeness (QED) is 0.429. The number of carbonyl (C=O) groups is 2. The monoisotopic (exact) mass is 501 g/mol. The maximum absolute atomic E-state index is 13.7. The second-order valence-corrected chi connectivity index (χ2v) is 9.46. The number of nitrogens with one attached hydrogen (secondary N) is 1. The number of likely N-dealkylation sites (tertiary alicyclic amines) is 1. The van der Waals surface area contributed by atoms with E-state index in [2.05, 4.69) is 15.4 Å². The normalized spacial score (nSPS) is 16.0. The third-order valence-electron chi connectivity index (χ3n) is 7.32. The summed E-state index contributed by atoms with van der Waals surface area (Å²) in [5.74, 6) is -0.723. The average molecular weight is 502 g/mol. The summed E-state index contributed by atoms with van der Waals surface area (Å²) in [7, 11) is 0. The topological polar surface area (TPSA) is 109 Å². The zero-order valence-corrected chi connectivity index (χ0v) is 19.9. The largest absolute Gasteiger partial charge is 0.492 e. The summed E-state index contributed by atoms with van der Waals surface area (Å²) in [6.45, 7) is 1.87. The Morgan fingerprint density at radius 1 is 1.08 bits per heavy atom. The molecule has 188 valence electrons. The Hall–Kier alpha value is -4.47. The molecule has 0 bridgehead atoms. The molecule has 4 heterocycles. The van der Waals surface area contributed by atoms with Crippen molar-refractivity contribution >= 4 is 23.3 Å². The van der Waals surface area contributed by atoms with Crippen LogP contribution in [0.15, 0.2) is 60.9 Å². The maximum Gasteiger partial charge on any atom is 0.341 e. The van der Waals surface area contributed by atoms with Gasteiger partial charge in [0.2, 0.25) is 0 Å². The number of fused-ring (bicyclic) bond motifs is 3. The SMILES string of the molecule is O=C(O)c1cnn2c(NCc3ccccc3)c(C(=O)N3CCC4(CC3)COc3cc(F)ccc34)cnc12. The number of halogens is 1. The van der Waals surface area contributed by atoms with Crippen LogP contribution in [0.5, 0.6) is 5.75 Å². The Bertz CT molecular complexity index is 1510. The highest BCUT2D eigenvalue weighted by atomic mass is 19.1. The molecule has 0 atom stereocenters. The van der Waals surface area contributed by atoms with Crippen LogP contribution < -0.4 is 10.1 Å². The standard InChI is InChI=1S/C27H24FN5O4/c28-18-6-7-21-22(12-18)37-16-27(21)8-10-32(11-9-27)25(34)19-14-30-24-20(26(35)36)15-31-33(24)23(19)29-13-17-4-2-1-3-5-17/h1-7,12,14-15,29H,8-11,13,16H2,(H,35,36). The van der Waals surface area contributed by atoms with Crippen LogP contribution in [0.1, 0.15) is 44.7 Å². The first-order chi connectivity index (χ1) is 17.9. The minimum atomic E-state index is -1.14. The summed E-state index contributed by atoms with van der Waals surface area (Å²) in [6, 6.07) is 14.3. The first-order valence-electron chi connectivity index (χ1n) is 12.1. The number of amides is 1. The van der Waals surface area contributed by atoms with Gasteiger partial charge in [-0.1, -0.05) is 36.4 Å². The average Bonchev–Trinajstić information content (AvgIpc) is 3.50. The van der Waals surface area contributed by atoms with Crippen LogP contribution in [0.2, 0.25) is 0 Å². The van der Waals surface area contributed by atoms with Gasteiger partial charge in [-0.25, -0.2) is 14.2 Å². The zero-order valence-electron chi connectivity index (χ0n) is 19.9. The summed E-state index contributed by atoms with van der Waals surface area (Å²) < 4.78 is 20.8. The Morgan fingerprint density at radius 2 is 1.86 bits per heavy atom. The Labute approximate surface area is 211 Å². The summed E-state index contributed by atoms with van der Waals surface area (Å²) in [4.78, 5) is 31.4. The second kappa shape index (κ2) is 8.88. The first kappa shape index (κ1) is 23.0. The minimum Gasteiger partial charge on any atom is -0.492 e. The molecule has 1 fully saturated rings. The Balaban J connectivity index is 1.29. The molecule has 10 heteroatoms. The summed E-state index contributed by atoms with van der Waals surface area (Å²) in [5, 5.41) is 17.0. The predicted octanol–water partition coefficient (Wildman–Crippen LogP) is 3.75. The molecule has 2 aromatic heterocycles. The lowest BCUT2D eigenvalue weighted by atomic mass is 9.74. The van der Waals surface area contributed by atoms with Gasteiger partial charge in [-0.05, 0) is 24.5 Å². The van der Waals surface area contributed by atoms with Crippen LogP contribution in [0.4, 0.5) is 10.2 Å². The van der Waals surface area contributed by atoms with Gasteiger partial charge in [0.05, 0.1) is 12.8 Å². The highest BCUT2D eigenvalue weighted by molar-refractivity contribution is 6.00. The number of hydrogen-bond donors (Lipinski definition) is 2. The van der Waals surface area contributed by atoms with E-state index in [0.29, 0.717) is 56.2 Å². The maximum atomic E-state index is 13.7. The van der Waals surface area contributed by atoms with Crippen molar-refractivity contribution in [1.29, 1.82) is 0 Å². The number of benzene rings is 2. The minimum absolute atomic E-state index is 0.0435. The van der Waals surface area contributed by atoms with E-state index in [0.717, 1.165) is 11.1 Å². The van der Waals surface area contributed by atoms with E-state index in [1.165, 1.54) is 29.0 Å². The smallest absolute Gasteiger partial charge is 0.341 e. The lowest BCUT2D eigenvalue weighted by Gasteiger charge is -2.38. The number of ether oxygens (including phenoxy) is 1. The van der Waals surface area contributed by atoms with Crippen molar-refractivity contribution in [3.05, 3.63) is 89.0 Å². The number of anilines is 1. The molecule has 1 saturated heterocycles. The third kappa shape index (κ3) is 3.94. The molecular formula is C27H24FN5O4. The zero-order chi connectivity index (χ0) is 25.6. The van der Waals surface area contributed by atoms with Gasteiger partial charge in [0, 0.05) is 42.9 Å². The Kier molecular flexibility index (Phi) is 5.51. The molecule has 1 spiro atoms. The van der Waals surface area contributed by atoms with E-state index >= 15 is 0 Å². The van der Waals surface area contributed by atoms with Gasteiger partial charge >= 0.3 is 5.97 Å². The number of carboxylic acids is 1. The molecule has 4 aromatic rings. The summed E-state index contributed by atoms with van der Waals surface area (Å²) in [5.41, 5.74) is 2.17. The van der Waals surface area contributed by atoms with Crippen molar-refractivity contribution in [1.82, 2.24) is 19.5 Å². The predicted molar refractivity (Wildman–Crippen MR) is 132 cm³/mol. The molecule has 1 amide bonds. The third-order valence-corrected chi connectivity index (χ3v) is 7.32. The molecule has 0 unspecified atom stereocenters. The van der Waals surface area contributed by atoms with Crippen LogP contribution in [-0.2, 0) is 12.0 Å². The molecule has 2 N–H and O–H groups in total. The lowest BCUT2D eigenvalue weighted by Crippen LogP contribution is -2.46. The fourth-order valence-corrected chi connectivity index (χ4v) is 5.26. The molecule has 2 aliphatic heterocycles. The molecule has 0 radical (unpaired) electrons. The van der Waals surface area contributed by atoms with Gasteiger partial charge in [-0.2, -0.15) is 9.61 Å². The van der Waals surface area contributed by atoms with Crippen molar-refractivity contribution in [3.63, 3.8) is 0 Å². The van der Waals surface area contributed by atoms with Crippen LogP contribution >= 0.6 is 0 Å². The molecule has 37 heavy (non-hydrogen) atoms. The van der Waals surface area contributed by atoms with E-state index in [4.69, 9.17) is 4.74 Å². The van der Waals surface area contributed by atoms with Crippen LogP contribution in [0.3, 0.4) is 0 Å². The number of aromatic nitrogens is 3. The molecule has 0 aliphatic carbocycles. The van der Waals surface area contributed by atoms with Crippen molar-refractivity contribution in [2.24, 2.45) is 0 Å². The number of carboxylic acid groups (broad SMARTS) is 1. The van der Waals surface area contributed by atoms with Gasteiger partial charge in [0.25, 0.3) is 5.91 Å². The number of hydrogen-bond acceptors (Lipinski definition) is 6. The van der Waals surface area contributed by atoms with Crippen molar-refractivity contribution in [2.75, 3.05) is 25.0 Å². The van der Waals surface area contributed by atoms with Gasteiger partial charge in [0.15, 0.2) is 5.65 Å². The molecule has 2 aromatic carbocycles. The first-order valence-corrected chi connectivity index (χ1v) is 12.1. The molecule has 9 nitrogen and oxygen atoms in total. The van der Waals surface area contributed by atoms with Gasteiger partial charge in [-0.3, -0.25) is 4.79 Å². The molecule has 6 rings (SSSR count). The fraction of sp³-hybridized carbons (Fsp3) is 0.259. The lowest BCUT2D eigenvalue weighted by molar-refractivity contribution is 0.0645. The Morgan fingerprint density at radius 3 is 2.62 bits per heavy atom. The van der Waals surface area contributed by atoms with Crippen LogP contribution in [0.25, 0.3) is 5.65 Å². The van der Waals surface area contributed by atoms with E-state index < -0.39 is 5.97 Å².